The topological polar surface area (TPSA) is 17.0 Å². The molecule has 1 aromatic carbocycles. The molecule has 2 heteroatoms. The summed E-state index contributed by atoms with van der Waals surface area (Å²) in [6.45, 7) is 13.2. The first-order valence-electron chi connectivity index (χ1n) is 7.72. The third kappa shape index (κ3) is 3.86. The zero-order valence-corrected chi connectivity index (χ0v) is 13.5. The zero-order valence-electron chi connectivity index (χ0n) is 13.5. The Kier molecular flexibility index (Phi) is 4.54. The monoisotopic (exact) mass is 272 g/mol. The molecule has 0 aliphatic rings. The minimum atomic E-state index is 0.160. The lowest BCUT2D eigenvalue weighted by molar-refractivity contribution is 0.424. The van der Waals surface area contributed by atoms with Crippen LogP contribution in [-0.2, 0) is 13.1 Å². The fraction of sp³-hybridized carbons (Fsp3) is 0.556. The van der Waals surface area contributed by atoms with Gasteiger partial charge in [0.1, 0.15) is 0 Å². The summed E-state index contributed by atoms with van der Waals surface area (Å²) in [6.07, 6.45) is 3.45. The second kappa shape index (κ2) is 6.01. The minimum Gasteiger partial charge on any atom is -0.347 e. The Morgan fingerprint density at radius 2 is 1.95 bits per heavy atom. The summed E-state index contributed by atoms with van der Waals surface area (Å²) in [5.74, 6) is 0.724. The molecule has 1 unspecified atom stereocenters. The van der Waals surface area contributed by atoms with Crippen molar-refractivity contribution in [1.82, 2.24) is 9.88 Å². The molecule has 0 fully saturated rings. The van der Waals surface area contributed by atoms with Gasteiger partial charge in [-0.1, -0.05) is 32.4 Å². The third-order valence-electron chi connectivity index (χ3n) is 3.87. The number of rotatable bonds is 5. The van der Waals surface area contributed by atoms with Gasteiger partial charge in [-0.15, -0.1) is 0 Å². The number of fused-ring (bicyclic) bond motifs is 1. The van der Waals surface area contributed by atoms with E-state index in [0.29, 0.717) is 0 Å². The van der Waals surface area contributed by atoms with Crippen LogP contribution in [0.25, 0.3) is 10.9 Å². The van der Waals surface area contributed by atoms with Crippen LogP contribution < -0.4 is 5.32 Å². The number of benzene rings is 1. The van der Waals surface area contributed by atoms with E-state index >= 15 is 0 Å². The summed E-state index contributed by atoms with van der Waals surface area (Å²) >= 11 is 0. The molecule has 0 saturated carbocycles. The van der Waals surface area contributed by atoms with E-state index in [1.165, 1.54) is 22.9 Å². The average Bonchev–Trinajstić information content (AvgIpc) is 2.78. The Morgan fingerprint density at radius 1 is 1.20 bits per heavy atom. The smallest absolute Gasteiger partial charge is 0.0483 e. The van der Waals surface area contributed by atoms with E-state index in [4.69, 9.17) is 0 Å². The maximum absolute atomic E-state index is 3.56. The van der Waals surface area contributed by atoms with Gasteiger partial charge >= 0.3 is 0 Å². The molecule has 2 rings (SSSR count). The van der Waals surface area contributed by atoms with Crippen LogP contribution in [0.5, 0.6) is 0 Å². The molecule has 0 radical (unpaired) electrons. The van der Waals surface area contributed by atoms with Crippen molar-refractivity contribution in [2.45, 2.75) is 59.7 Å². The van der Waals surface area contributed by atoms with E-state index in [1.54, 1.807) is 0 Å². The van der Waals surface area contributed by atoms with Gasteiger partial charge in [0, 0.05) is 30.3 Å². The molecule has 20 heavy (non-hydrogen) atoms. The summed E-state index contributed by atoms with van der Waals surface area (Å²) in [4.78, 5) is 0. The first kappa shape index (κ1) is 15.1. The first-order valence-corrected chi connectivity index (χ1v) is 7.72. The molecule has 1 atom stereocenters. The van der Waals surface area contributed by atoms with E-state index in [2.05, 4.69) is 75.0 Å². The van der Waals surface area contributed by atoms with Gasteiger partial charge < -0.3 is 9.88 Å². The number of aromatic nitrogens is 1. The number of hydrogen-bond donors (Lipinski definition) is 1. The predicted molar refractivity (Wildman–Crippen MR) is 88.0 cm³/mol. The van der Waals surface area contributed by atoms with Gasteiger partial charge in [0.15, 0.2) is 0 Å². The lowest BCUT2D eigenvalue weighted by Crippen LogP contribution is -2.35. The Bertz CT molecular complexity index is 560. The summed E-state index contributed by atoms with van der Waals surface area (Å²) < 4.78 is 2.39. The number of nitrogens with one attached hydrogen (secondary N) is 1. The fourth-order valence-corrected chi connectivity index (χ4v) is 2.33. The van der Waals surface area contributed by atoms with Gasteiger partial charge in [0.25, 0.3) is 0 Å². The first-order chi connectivity index (χ1) is 9.39. The van der Waals surface area contributed by atoms with E-state index in [1.807, 2.05) is 0 Å². The maximum Gasteiger partial charge on any atom is 0.0483 e. The second-order valence-electron chi connectivity index (χ2n) is 6.98. The average molecular weight is 272 g/mol. The molecule has 0 aliphatic carbocycles. The van der Waals surface area contributed by atoms with Crippen molar-refractivity contribution in [3.05, 3.63) is 36.0 Å². The molecule has 1 N–H and O–H groups in total. The normalized spacial score (nSPS) is 13.8. The molecular formula is C18H28N2. The lowest BCUT2D eigenvalue weighted by Gasteiger charge is -2.20. The summed E-state index contributed by atoms with van der Waals surface area (Å²) in [5, 5.41) is 4.90. The van der Waals surface area contributed by atoms with Crippen molar-refractivity contribution >= 4 is 10.9 Å². The van der Waals surface area contributed by atoms with Crippen molar-refractivity contribution in [1.29, 1.82) is 0 Å². The van der Waals surface area contributed by atoms with Crippen LogP contribution in [0.4, 0.5) is 0 Å². The summed E-state index contributed by atoms with van der Waals surface area (Å²) in [7, 11) is 0. The number of hydrogen-bond acceptors (Lipinski definition) is 1. The van der Waals surface area contributed by atoms with Gasteiger partial charge in [0.2, 0.25) is 0 Å². The van der Waals surface area contributed by atoms with E-state index in [-0.39, 0.29) is 5.54 Å². The van der Waals surface area contributed by atoms with Crippen LogP contribution in [0.2, 0.25) is 0 Å². The van der Waals surface area contributed by atoms with E-state index in [0.717, 1.165) is 19.0 Å². The van der Waals surface area contributed by atoms with Crippen LogP contribution in [0.3, 0.4) is 0 Å². The molecule has 0 amide bonds. The Labute approximate surface area is 123 Å². The van der Waals surface area contributed by atoms with Crippen molar-refractivity contribution in [2.24, 2.45) is 5.92 Å². The van der Waals surface area contributed by atoms with Crippen LogP contribution in [-0.4, -0.2) is 10.1 Å². The second-order valence-corrected chi connectivity index (χ2v) is 6.98. The van der Waals surface area contributed by atoms with Crippen LogP contribution in [0.15, 0.2) is 30.5 Å². The number of nitrogens with zero attached hydrogens (tertiary/aromatic N) is 1. The highest BCUT2D eigenvalue weighted by atomic mass is 15.0. The predicted octanol–water partition coefficient (Wildman–Crippen LogP) is 4.58. The van der Waals surface area contributed by atoms with Gasteiger partial charge in [-0.3, -0.25) is 0 Å². The summed E-state index contributed by atoms with van der Waals surface area (Å²) in [6, 6.07) is 9.02. The Hall–Kier alpha value is -1.28. The SMILES string of the molecule is CCC(C)Cn1ccc2ccc(CNC(C)(C)C)cc21. The summed E-state index contributed by atoms with van der Waals surface area (Å²) in [5.41, 5.74) is 2.88. The highest BCUT2D eigenvalue weighted by molar-refractivity contribution is 5.80. The highest BCUT2D eigenvalue weighted by Gasteiger charge is 2.10. The van der Waals surface area contributed by atoms with Crippen LogP contribution in [0.1, 0.15) is 46.6 Å². The van der Waals surface area contributed by atoms with Gasteiger partial charge in [-0.25, -0.2) is 0 Å². The molecule has 2 nitrogen and oxygen atoms in total. The Balaban J connectivity index is 2.20. The van der Waals surface area contributed by atoms with E-state index < -0.39 is 0 Å². The molecule has 0 bridgehead atoms. The molecule has 1 heterocycles. The van der Waals surface area contributed by atoms with Gasteiger partial charge in [-0.2, -0.15) is 0 Å². The van der Waals surface area contributed by atoms with Crippen molar-refractivity contribution in [3.63, 3.8) is 0 Å². The van der Waals surface area contributed by atoms with Crippen molar-refractivity contribution in [3.8, 4) is 0 Å². The molecular weight excluding hydrogens is 244 g/mol. The molecule has 0 aliphatic heterocycles. The fourth-order valence-electron chi connectivity index (χ4n) is 2.33. The molecule has 0 saturated heterocycles. The van der Waals surface area contributed by atoms with Gasteiger partial charge in [-0.05, 0) is 49.8 Å². The molecule has 0 spiro atoms. The quantitative estimate of drug-likeness (QED) is 0.843. The Morgan fingerprint density at radius 3 is 2.60 bits per heavy atom. The highest BCUT2D eigenvalue weighted by Crippen LogP contribution is 2.20. The standard InChI is InChI=1S/C18H28N2/c1-6-14(2)13-20-10-9-16-8-7-15(11-17(16)20)12-19-18(3,4)5/h7-11,14,19H,6,12-13H2,1-5H3. The largest absolute Gasteiger partial charge is 0.347 e. The lowest BCUT2D eigenvalue weighted by atomic mass is 10.1. The molecule has 110 valence electrons. The molecule has 2 aromatic rings. The van der Waals surface area contributed by atoms with Gasteiger partial charge in [0.05, 0.1) is 0 Å². The minimum absolute atomic E-state index is 0.160. The maximum atomic E-state index is 3.56. The van der Waals surface area contributed by atoms with Crippen LogP contribution in [0, 0.1) is 5.92 Å². The third-order valence-corrected chi connectivity index (χ3v) is 3.87. The van der Waals surface area contributed by atoms with E-state index in [9.17, 15) is 0 Å². The van der Waals surface area contributed by atoms with Crippen molar-refractivity contribution in [2.75, 3.05) is 0 Å². The van der Waals surface area contributed by atoms with Crippen LogP contribution >= 0.6 is 0 Å². The zero-order chi connectivity index (χ0) is 14.8. The van der Waals surface area contributed by atoms with Crippen molar-refractivity contribution < 1.29 is 0 Å². The molecule has 1 aromatic heterocycles.